The number of hydrogen-bond donors (Lipinski definition) is 1. The lowest BCUT2D eigenvalue weighted by molar-refractivity contribution is -0.133. The van der Waals surface area contributed by atoms with Crippen LogP contribution in [0.25, 0.3) is 0 Å². The third kappa shape index (κ3) is 4.43. The molecular weight excluding hydrogens is 271 g/mol. The highest BCUT2D eigenvalue weighted by Crippen LogP contribution is 2.20. The van der Waals surface area contributed by atoms with Crippen molar-refractivity contribution in [2.75, 3.05) is 19.7 Å². The van der Waals surface area contributed by atoms with E-state index < -0.39 is 5.82 Å². The van der Waals surface area contributed by atoms with Crippen LogP contribution in [-0.2, 0) is 4.79 Å². The minimum Gasteiger partial charge on any atom is -0.490 e. The van der Waals surface area contributed by atoms with Crippen molar-refractivity contribution in [1.82, 2.24) is 4.90 Å². The Hall–Kier alpha value is -1.62. The molecule has 1 atom stereocenters. The van der Waals surface area contributed by atoms with E-state index in [-0.39, 0.29) is 30.7 Å². The molecule has 1 aromatic rings. The number of benzene rings is 1. The summed E-state index contributed by atoms with van der Waals surface area (Å²) < 4.78 is 18.7. The van der Waals surface area contributed by atoms with Gasteiger partial charge in [0.25, 0.3) is 0 Å². The van der Waals surface area contributed by atoms with Crippen LogP contribution in [-0.4, -0.2) is 36.5 Å². The molecule has 21 heavy (non-hydrogen) atoms. The molecule has 1 amide bonds. The Balaban J connectivity index is 1.72. The van der Waals surface area contributed by atoms with E-state index >= 15 is 0 Å². The Kier molecular flexibility index (Phi) is 5.56. The van der Waals surface area contributed by atoms with Crippen LogP contribution in [0.5, 0.6) is 5.75 Å². The third-order valence-electron chi connectivity index (χ3n) is 4.05. The number of piperidine rings is 1. The van der Waals surface area contributed by atoms with E-state index in [4.69, 9.17) is 10.5 Å². The second-order valence-corrected chi connectivity index (χ2v) is 5.61. The summed E-state index contributed by atoms with van der Waals surface area (Å²) in [4.78, 5) is 13.9. The zero-order chi connectivity index (χ0) is 15.2. The molecule has 5 heteroatoms. The highest BCUT2D eigenvalue weighted by atomic mass is 19.1. The average Bonchev–Trinajstić information content (AvgIpc) is 2.49. The summed E-state index contributed by atoms with van der Waals surface area (Å²) in [6.45, 7) is 3.73. The quantitative estimate of drug-likeness (QED) is 0.905. The van der Waals surface area contributed by atoms with Crippen LogP contribution in [0.15, 0.2) is 24.3 Å². The predicted octanol–water partition coefficient (Wildman–Crippen LogP) is 2.18. The lowest BCUT2D eigenvalue weighted by Gasteiger charge is -2.33. The van der Waals surface area contributed by atoms with Gasteiger partial charge in [0, 0.05) is 19.1 Å². The Labute approximate surface area is 125 Å². The van der Waals surface area contributed by atoms with Gasteiger partial charge in [-0.2, -0.15) is 0 Å². The molecule has 2 N–H and O–H groups in total. The fourth-order valence-electron chi connectivity index (χ4n) is 2.64. The van der Waals surface area contributed by atoms with Gasteiger partial charge in [0.2, 0.25) is 5.91 Å². The molecule has 0 spiro atoms. The topological polar surface area (TPSA) is 55.6 Å². The largest absolute Gasteiger partial charge is 0.490 e. The number of hydrogen-bond acceptors (Lipinski definition) is 3. The first-order valence-corrected chi connectivity index (χ1v) is 7.48. The molecular formula is C16H23FN2O2. The lowest BCUT2D eigenvalue weighted by atomic mass is 9.91. The first-order valence-electron chi connectivity index (χ1n) is 7.48. The van der Waals surface area contributed by atoms with Gasteiger partial charge in [-0.25, -0.2) is 4.39 Å². The summed E-state index contributed by atoms with van der Waals surface area (Å²) in [5.74, 6) is 0.363. The van der Waals surface area contributed by atoms with Crippen LogP contribution in [0.1, 0.15) is 26.2 Å². The molecule has 0 aromatic heterocycles. The standard InChI is InChI=1S/C16H23FN2O2/c1-12(18)13-6-9-19(10-7-13)16(20)8-11-21-15-5-3-2-4-14(15)17/h2-5,12-13H,6-11,18H2,1H3. The number of ether oxygens (including phenoxy) is 1. The molecule has 1 aromatic carbocycles. The van der Waals surface area contributed by atoms with Crippen molar-refractivity contribution in [3.05, 3.63) is 30.1 Å². The van der Waals surface area contributed by atoms with Gasteiger partial charge < -0.3 is 15.4 Å². The Morgan fingerprint density at radius 3 is 2.71 bits per heavy atom. The van der Waals surface area contributed by atoms with Crippen molar-refractivity contribution >= 4 is 5.91 Å². The van der Waals surface area contributed by atoms with E-state index in [9.17, 15) is 9.18 Å². The molecule has 1 aliphatic heterocycles. The molecule has 0 radical (unpaired) electrons. The molecule has 2 rings (SSSR count). The normalized spacial score (nSPS) is 17.6. The van der Waals surface area contributed by atoms with Crippen molar-refractivity contribution in [2.45, 2.75) is 32.2 Å². The van der Waals surface area contributed by atoms with Crippen LogP contribution in [0.2, 0.25) is 0 Å². The van der Waals surface area contributed by atoms with E-state index in [1.165, 1.54) is 6.07 Å². The maximum atomic E-state index is 13.4. The molecule has 0 bridgehead atoms. The number of nitrogens with two attached hydrogens (primary N) is 1. The number of halogens is 1. The van der Waals surface area contributed by atoms with Crippen molar-refractivity contribution in [2.24, 2.45) is 11.7 Å². The summed E-state index contributed by atoms with van der Waals surface area (Å²) in [5, 5.41) is 0. The summed E-state index contributed by atoms with van der Waals surface area (Å²) in [7, 11) is 0. The minimum atomic E-state index is -0.400. The Bertz CT molecular complexity index is 471. The lowest BCUT2D eigenvalue weighted by Crippen LogP contribution is -2.42. The van der Waals surface area contributed by atoms with Gasteiger partial charge in [0.15, 0.2) is 11.6 Å². The molecule has 1 fully saturated rings. The number of nitrogens with zero attached hydrogens (tertiary/aromatic N) is 1. The van der Waals surface area contributed by atoms with Crippen molar-refractivity contribution < 1.29 is 13.9 Å². The van der Waals surface area contributed by atoms with E-state index in [0.29, 0.717) is 5.92 Å². The maximum Gasteiger partial charge on any atom is 0.225 e. The second kappa shape index (κ2) is 7.41. The summed E-state index contributed by atoms with van der Waals surface area (Å²) in [5.41, 5.74) is 5.89. The smallest absolute Gasteiger partial charge is 0.225 e. The van der Waals surface area contributed by atoms with Gasteiger partial charge in [-0.05, 0) is 37.8 Å². The number of likely N-dealkylation sites (tertiary alicyclic amines) is 1. The first-order chi connectivity index (χ1) is 10.1. The van der Waals surface area contributed by atoms with Gasteiger partial charge in [0.05, 0.1) is 13.0 Å². The molecule has 1 aliphatic rings. The fourth-order valence-corrected chi connectivity index (χ4v) is 2.64. The number of amides is 1. The van der Waals surface area contributed by atoms with Crippen LogP contribution in [0, 0.1) is 11.7 Å². The number of carbonyl (C=O) groups excluding carboxylic acids is 1. The van der Waals surface area contributed by atoms with Crippen molar-refractivity contribution in [3.8, 4) is 5.75 Å². The maximum absolute atomic E-state index is 13.4. The number of rotatable bonds is 5. The second-order valence-electron chi connectivity index (χ2n) is 5.61. The zero-order valence-electron chi connectivity index (χ0n) is 12.4. The van der Waals surface area contributed by atoms with E-state index in [0.717, 1.165) is 25.9 Å². The van der Waals surface area contributed by atoms with Crippen molar-refractivity contribution in [1.29, 1.82) is 0 Å². The average molecular weight is 294 g/mol. The van der Waals surface area contributed by atoms with Gasteiger partial charge in [-0.3, -0.25) is 4.79 Å². The van der Waals surface area contributed by atoms with Gasteiger partial charge in [-0.15, -0.1) is 0 Å². The highest BCUT2D eigenvalue weighted by Gasteiger charge is 2.24. The molecule has 0 aliphatic carbocycles. The van der Waals surface area contributed by atoms with Crippen LogP contribution < -0.4 is 10.5 Å². The Morgan fingerprint density at radius 1 is 1.43 bits per heavy atom. The monoisotopic (exact) mass is 294 g/mol. The van der Waals surface area contributed by atoms with Gasteiger partial charge in [0.1, 0.15) is 0 Å². The first kappa shape index (κ1) is 15.8. The summed E-state index contributed by atoms with van der Waals surface area (Å²) in [6.07, 6.45) is 2.19. The van der Waals surface area contributed by atoms with Gasteiger partial charge in [-0.1, -0.05) is 12.1 Å². The summed E-state index contributed by atoms with van der Waals surface area (Å²) >= 11 is 0. The molecule has 4 nitrogen and oxygen atoms in total. The third-order valence-corrected chi connectivity index (χ3v) is 4.05. The number of carbonyl (C=O) groups is 1. The molecule has 0 saturated carbocycles. The zero-order valence-corrected chi connectivity index (χ0v) is 12.4. The molecule has 116 valence electrons. The fraction of sp³-hybridized carbons (Fsp3) is 0.562. The molecule has 1 heterocycles. The predicted molar refractivity (Wildman–Crippen MR) is 79.5 cm³/mol. The Morgan fingerprint density at radius 2 is 2.10 bits per heavy atom. The SMILES string of the molecule is CC(N)C1CCN(C(=O)CCOc2ccccc2F)CC1. The van der Waals surface area contributed by atoms with Crippen LogP contribution in [0.4, 0.5) is 4.39 Å². The van der Waals surface area contributed by atoms with E-state index in [1.54, 1.807) is 18.2 Å². The van der Waals surface area contributed by atoms with Crippen LogP contribution >= 0.6 is 0 Å². The number of para-hydroxylation sites is 1. The van der Waals surface area contributed by atoms with E-state index in [1.807, 2.05) is 11.8 Å². The molecule has 1 unspecified atom stereocenters. The van der Waals surface area contributed by atoms with Crippen molar-refractivity contribution in [3.63, 3.8) is 0 Å². The highest BCUT2D eigenvalue weighted by molar-refractivity contribution is 5.76. The minimum absolute atomic E-state index is 0.0643. The van der Waals surface area contributed by atoms with Crippen LogP contribution in [0.3, 0.4) is 0 Å². The summed E-state index contributed by atoms with van der Waals surface area (Å²) in [6, 6.07) is 6.41. The van der Waals surface area contributed by atoms with Gasteiger partial charge >= 0.3 is 0 Å². The molecule has 1 saturated heterocycles. The van der Waals surface area contributed by atoms with E-state index in [2.05, 4.69) is 0 Å².